The van der Waals surface area contributed by atoms with Crippen molar-refractivity contribution < 1.29 is 9.09 Å². The second-order valence-corrected chi connectivity index (χ2v) is 9.89. The number of nitrogens with zero attached hydrogens (tertiary/aromatic N) is 2. The summed E-state index contributed by atoms with van der Waals surface area (Å²) in [6.45, 7) is 5.15. The van der Waals surface area contributed by atoms with Crippen molar-refractivity contribution in [3.05, 3.63) is 28.8 Å². The number of rotatable bonds is 7. The Morgan fingerprint density at radius 1 is 1.45 bits per heavy atom. The molecule has 0 amide bonds. The van der Waals surface area contributed by atoms with Crippen molar-refractivity contribution in [1.29, 1.82) is 0 Å². The number of benzene rings is 1. The van der Waals surface area contributed by atoms with Gasteiger partial charge < -0.3 is 4.52 Å². The normalized spacial score (nSPS) is 14.7. The number of hydrogen-bond donors (Lipinski definition) is 0. The third kappa shape index (κ3) is 5.31. The first-order valence-corrected chi connectivity index (χ1v) is 10.8. The molecule has 4 nitrogen and oxygen atoms in total. The second kappa shape index (κ2) is 8.97. The minimum atomic E-state index is -2.95. The zero-order chi connectivity index (χ0) is 16.8. The summed E-state index contributed by atoms with van der Waals surface area (Å²) in [6.07, 6.45) is 0.946. The molecule has 7 heteroatoms. The molecule has 22 heavy (non-hydrogen) atoms. The Morgan fingerprint density at radius 2 is 2.14 bits per heavy atom. The molecule has 0 fully saturated rings. The fraction of sp³-hybridized carbons (Fsp3) is 0.533. The van der Waals surface area contributed by atoms with Crippen LogP contribution in [-0.2, 0) is 9.09 Å². The average Bonchev–Trinajstić information content (AvgIpc) is 2.47. The minimum absolute atomic E-state index is 0.408. The van der Waals surface area contributed by atoms with Gasteiger partial charge in [0.05, 0.1) is 12.3 Å². The Balaban J connectivity index is 3.04. The lowest BCUT2D eigenvalue weighted by Crippen LogP contribution is -2.21. The standard InChI is InChI=1S/C15H24ClN2O2PS/c1-6-10-22-21(19,20-7-2)18(5)13(4)17-15-9-8-14(16)11-12(15)3/h8-9,11H,6-7,10H2,1-5H3. The van der Waals surface area contributed by atoms with Gasteiger partial charge in [-0.1, -0.05) is 18.5 Å². The van der Waals surface area contributed by atoms with Gasteiger partial charge in [-0.25, -0.2) is 4.99 Å². The van der Waals surface area contributed by atoms with Crippen molar-refractivity contribution in [3.63, 3.8) is 0 Å². The van der Waals surface area contributed by atoms with E-state index in [0.29, 0.717) is 17.5 Å². The highest BCUT2D eigenvalue weighted by atomic mass is 35.5. The van der Waals surface area contributed by atoms with Gasteiger partial charge in [-0.2, -0.15) is 0 Å². The summed E-state index contributed by atoms with van der Waals surface area (Å²) in [5.74, 6) is 1.44. The van der Waals surface area contributed by atoms with Crippen LogP contribution in [0.2, 0.25) is 5.02 Å². The average molecular weight is 363 g/mol. The highest BCUT2D eigenvalue weighted by Gasteiger charge is 2.30. The number of hydrogen-bond acceptors (Lipinski definition) is 4. The second-order valence-electron chi connectivity index (χ2n) is 4.83. The highest BCUT2D eigenvalue weighted by molar-refractivity contribution is 8.56. The van der Waals surface area contributed by atoms with E-state index in [4.69, 9.17) is 16.1 Å². The Kier molecular flexibility index (Phi) is 7.98. The molecule has 0 saturated carbocycles. The fourth-order valence-electron chi connectivity index (χ4n) is 1.75. The van der Waals surface area contributed by atoms with Crippen molar-refractivity contribution in [1.82, 2.24) is 4.67 Å². The number of halogens is 1. The molecule has 0 spiro atoms. The van der Waals surface area contributed by atoms with Gasteiger partial charge in [0.1, 0.15) is 5.84 Å². The van der Waals surface area contributed by atoms with Gasteiger partial charge in [-0.05, 0) is 62.3 Å². The van der Waals surface area contributed by atoms with Gasteiger partial charge in [-0.15, -0.1) is 0 Å². The van der Waals surface area contributed by atoms with Crippen molar-refractivity contribution in [2.24, 2.45) is 4.99 Å². The summed E-state index contributed by atoms with van der Waals surface area (Å²) in [5, 5.41) is 0.681. The Hall–Kier alpha value is -0.480. The molecule has 0 aliphatic heterocycles. The van der Waals surface area contributed by atoms with E-state index in [9.17, 15) is 4.57 Å². The van der Waals surface area contributed by atoms with Crippen LogP contribution < -0.4 is 0 Å². The van der Waals surface area contributed by atoms with Crippen LogP contribution in [0.4, 0.5) is 5.69 Å². The maximum absolute atomic E-state index is 13.0. The molecule has 0 aromatic heterocycles. The van der Waals surface area contributed by atoms with Crippen LogP contribution in [0.25, 0.3) is 0 Å². The quantitative estimate of drug-likeness (QED) is 0.343. The summed E-state index contributed by atoms with van der Waals surface area (Å²) in [5.41, 5.74) is 1.80. The third-order valence-corrected chi connectivity index (χ3v) is 8.37. The molecule has 0 aliphatic rings. The minimum Gasteiger partial charge on any atom is -0.306 e. The van der Waals surface area contributed by atoms with Crippen LogP contribution in [0.1, 0.15) is 32.8 Å². The van der Waals surface area contributed by atoms with Crippen molar-refractivity contribution >= 4 is 41.2 Å². The SMILES string of the molecule is CCCSP(=O)(OCC)N(C)C(C)=Nc1ccc(Cl)cc1C. The van der Waals surface area contributed by atoms with Gasteiger partial charge >= 0.3 is 6.72 Å². The van der Waals surface area contributed by atoms with Crippen LogP contribution in [0.3, 0.4) is 0 Å². The van der Waals surface area contributed by atoms with Crippen molar-refractivity contribution in [2.45, 2.75) is 34.1 Å². The van der Waals surface area contributed by atoms with Gasteiger partial charge in [0.2, 0.25) is 0 Å². The predicted molar refractivity (Wildman–Crippen MR) is 98.7 cm³/mol. The summed E-state index contributed by atoms with van der Waals surface area (Å²) in [7, 11) is 1.77. The largest absolute Gasteiger partial charge is 0.354 e. The number of aryl methyl sites for hydroxylation is 1. The zero-order valence-corrected chi connectivity index (χ0v) is 16.3. The van der Waals surface area contributed by atoms with E-state index in [-0.39, 0.29) is 0 Å². The predicted octanol–water partition coefficient (Wildman–Crippen LogP) is 5.92. The maximum atomic E-state index is 13.0. The van der Waals surface area contributed by atoms with Crippen molar-refractivity contribution in [2.75, 3.05) is 19.4 Å². The molecule has 0 saturated heterocycles. The summed E-state index contributed by atoms with van der Waals surface area (Å²) < 4.78 is 20.2. The van der Waals surface area contributed by atoms with E-state index in [0.717, 1.165) is 23.4 Å². The van der Waals surface area contributed by atoms with Crippen LogP contribution in [0.15, 0.2) is 23.2 Å². The summed E-state index contributed by atoms with van der Waals surface area (Å²) in [6, 6.07) is 5.52. The van der Waals surface area contributed by atoms with Crippen LogP contribution in [0.5, 0.6) is 0 Å². The lowest BCUT2D eigenvalue weighted by molar-refractivity contribution is 0.323. The highest BCUT2D eigenvalue weighted by Crippen LogP contribution is 2.62. The molecule has 0 heterocycles. The molecule has 124 valence electrons. The molecule has 1 unspecified atom stereocenters. The molecule has 0 N–H and O–H groups in total. The number of aliphatic imine (C=N–C) groups is 1. The van der Waals surface area contributed by atoms with Crippen LogP contribution in [0, 0.1) is 6.92 Å². The monoisotopic (exact) mass is 362 g/mol. The van der Waals surface area contributed by atoms with E-state index in [1.54, 1.807) is 17.8 Å². The molecule has 0 radical (unpaired) electrons. The van der Waals surface area contributed by atoms with Crippen LogP contribution in [-0.4, -0.2) is 29.9 Å². The maximum Gasteiger partial charge on any atom is 0.354 e. The van der Waals surface area contributed by atoms with Gasteiger partial charge in [-0.3, -0.25) is 9.24 Å². The van der Waals surface area contributed by atoms with E-state index in [1.807, 2.05) is 32.9 Å². The molecule has 0 aliphatic carbocycles. The van der Waals surface area contributed by atoms with E-state index in [2.05, 4.69) is 11.9 Å². The first-order valence-electron chi connectivity index (χ1n) is 7.28. The Labute approximate surface area is 142 Å². The first-order chi connectivity index (χ1) is 10.3. The van der Waals surface area contributed by atoms with E-state index in [1.165, 1.54) is 11.4 Å². The number of amidine groups is 1. The van der Waals surface area contributed by atoms with E-state index < -0.39 is 6.72 Å². The molecule has 1 aromatic rings. The Morgan fingerprint density at radius 3 is 2.68 bits per heavy atom. The molecule has 1 atom stereocenters. The summed E-state index contributed by atoms with van der Waals surface area (Å²) >= 11 is 7.32. The topological polar surface area (TPSA) is 41.9 Å². The van der Waals surface area contributed by atoms with Gasteiger partial charge in [0.15, 0.2) is 0 Å². The fourth-order valence-corrected chi connectivity index (χ4v) is 6.19. The molecule has 0 bridgehead atoms. The smallest absolute Gasteiger partial charge is 0.306 e. The summed E-state index contributed by atoms with van der Waals surface area (Å²) in [4.78, 5) is 4.57. The molecular formula is C15H24ClN2O2PS. The lowest BCUT2D eigenvalue weighted by Gasteiger charge is -2.28. The first kappa shape index (κ1) is 19.6. The Bertz CT molecular complexity index is 581. The van der Waals surface area contributed by atoms with Gasteiger partial charge in [0.25, 0.3) is 0 Å². The van der Waals surface area contributed by atoms with Crippen molar-refractivity contribution in [3.8, 4) is 0 Å². The van der Waals surface area contributed by atoms with Gasteiger partial charge in [0, 0.05) is 17.8 Å². The van der Waals surface area contributed by atoms with E-state index >= 15 is 0 Å². The molecule has 1 aromatic carbocycles. The molecule has 1 rings (SSSR count). The third-order valence-electron chi connectivity index (χ3n) is 3.03. The molecular weight excluding hydrogens is 339 g/mol. The zero-order valence-electron chi connectivity index (χ0n) is 13.8. The lowest BCUT2D eigenvalue weighted by atomic mass is 10.2. The van der Waals surface area contributed by atoms with Crippen LogP contribution >= 0.6 is 29.7 Å².